The van der Waals surface area contributed by atoms with Gasteiger partial charge < -0.3 is 4.42 Å². The second kappa shape index (κ2) is 8.74. The molecule has 0 radical (unpaired) electrons. The average molecular weight is 505 g/mol. The molecule has 5 rings (SSSR count). The van der Waals surface area contributed by atoms with Crippen molar-refractivity contribution in [1.82, 2.24) is 30.2 Å². The second-order valence-electron chi connectivity index (χ2n) is 7.84. The van der Waals surface area contributed by atoms with Gasteiger partial charge in [0.05, 0.1) is 19.1 Å². The minimum atomic E-state index is -0.0595. The van der Waals surface area contributed by atoms with E-state index in [-0.39, 0.29) is 5.56 Å². The molecule has 0 atom stereocenters. The molecule has 0 fully saturated rings. The Balaban J connectivity index is 1.77. The van der Waals surface area contributed by atoms with Gasteiger partial charge in [0.25, 0.3) is 5.56 Å². The highest BCUT2D eigenvalue weighted by Crippen LogP contribution is 2.48. The number of halogens is 1. The van der Waals surface area contributed by atoms with E-state index in [2.05, 4.69) is 48.5 Å². The molecule has 0 saturated carbocycles. The molecule has 0 unspecified atom stereocenters. The number of benzene rings is 1. The van der Waals surface area contributed by atoms with Crippen LogP contribution in [-0.4, -0.2) is 30.2 Å². The van der Waals surface area contributed by atoms with E-state index in [0.29, 0.717) is 12.4 Å². The first kappa shape index (κ1) is 21.3. The molecule has 1 N–H and O–H groups in total. The van der Waals surface area contributed by atoms with Crippen LogP contribution in [0.4, 0.5) is 0 Å². The Kier molecular flexibility index (Phi) is 5.63. The predicted molar refractivity (Wildman–Crippen MR) is 128 cm³/mol. The smallest absolute Gasteiger partial charge is 0.254 e. The molecular formula is C24H21BrN6O2. The summed E-state index contributed by atoms with van der Waals surface area (Å²) in [7, 11) is 0. The first-order valence-corrected chi connectivity index (χ1v) is 11.4. The molecule has 1 aliphatic carbocycles. The normalized spacial score (nSPS) is 11.4. The van der Waals surface area contributed by atoms with Gasteiger partial charge in [0, 0.05) is 39.3 Å². The van der Waals surface area contributed by atoms with Crippen molar-refractivity contribution in [1.29, 1.82) is 0 Å². The first-order chi connectivity index (χ1) is 16.1. The molecule has 3 aromatic rings. The number of rotatable bonds is 6. The van der Waals surface area contributed by atoms with E-state index in [1.165, 1.54) is 0 Å². The van der Waals surface area contributed by atoms with Crippen LogP contribution in [0.3, 0.4) is 0 Å². The van der Waals surface area contributed by atoms with Gasteiger partial charge in [0.15, 0.2) is 5.82 Å². The molecule has 0 spiro atoms. The number of fused-ring (bicyclic) bond motifs is 1. The standard InChI is InChI=1S/C24H21BrN6O2/c1-3-6-20-26-14(2)11-21(32)31(20)12-18-15-9-10-33-13-19(15)23(25)22(18)16-7-4-5-8-17(16)24-27-29-30-28-24/h4-5,7-11,13H,3,6,12H2,1-2H3,(H,27,28,29,30). The van der Waals surface area contributed by atoms with Gasteiger partial charge in [-0.05, 0) is 62.5 Å². The van der Waals surface area contributed by atoms with E-state index in [4.69, 9.17) is 4.42 Å². The molecule has 33 heavy (non-hydrogen) atoms. The quantitative estimate of drug-likeness (QED) is 0.354. The average Bonchev–Trinajstić information content (AvgIpc) is 3.44. The number of tetrazole rings is 1. The molecule has 2 aliphatic rings. The number of aryl methyl sites for hydroxylation is 2. The van der Waals surface area contributed by atoms with Gasteiger partial charge in [-0.3, -0.25) is 9.36 Å². The van der Waals surface area contributed by atoms with Crippen molar-refractivity contribution in [2.75, 3.05) is 0 Å². The molecule has 166 valence electrons. The third-order valence-electron chi connectivity index (χ3n) is 5.67. The van der Waals surface area contributed by atoms with Crippen molar-refractivity contribution in [3.05, 3.63) is 80.8 Å². The number of aromatic amines is 1. The summed E-state index contributed by atoms with van der Waals surface area (Å²) in [5.74, 6) is 1.35. The lowest BCUT2D eigenvalue weighted by Gasteiger charge is -2.15. The highest BCUT2D eigenvalue weighted by molar-refractivity contribution is 9.10. The maximum absolute atomic E-state index is 13.0. The molecule has 0 saturated heterocycles. The largest absolute Gasteiger partial charge is 0.472 e. The van der Waals surface area contributed by atoms with Crippen LogP contribution in [0.15, 0.2) is 62.6 Å². The fourth-order valence-electron chi connectivity index (χ4n) is 4.25. The number of hydrogen-bond donors (Lipinski definition) is 1. The van der Waals surface area contributed by atoms with Crippen LogP contribution in [0, 0.1) is 6.92 Å². The van der Waals surface area contributed by atoms with Gasteiger partial charge in [-0.1, -0.05) is 31.2 Å². The predicted octanol–water partition coefficient (Wildman–Crippen LogP) is 4.86. The van der Waals surface area contributed by atoms with Gasteiger partial charge >= 0.3 is 0 Å². The minimum Gasteiger partial charge on any atom is -0.472 e. The van der Waals surface area contributed by atoms with Gasteiger partial charge in [-0.15, -0.1) is 5.10 Å². The van der Waals surface area contributed by atoms with E-state index in [9.17, 15) is 4.79 Å². The number of hydrogen-bond acceptors (Lipinski definition) is 6. The Morgan fingerprint density at radius 1 is 1.12 bits per heavy atom. The Hall–Kier alpha value is -3.59. The fraction of sp³-hybridized carbons (Fsp3) is 0.208. The van der Waals surface area contributed by atoms with Gasteiger partial charge in [0.1, 0.15) is 5.82 Å². The monoisotopic (exact) mass is 504 g/mol. The second-order valence-corrected chi connectivity index (χ2v) is 8.63. The Bertz CT molecular complexity index is 1450. The molecule has 8 nitrogen and oxygen atoms in total. The topological polar surface area (TPSA) is 102 Å². The Morgan fingerprint density at radius 2 is 1.94 bits per heavy atom. The van der Waals surface area contributed by atoms with Crippen molar-refractivity contribution in [2.45, 2.75) is 33.2 Å². The fourth-order valence-corrected chi connectivity index (χ4v) is 5.01. The maximum atomic E-state index is 13.0. The van der Waals surface area contributed by atoms with Crippen molar-refractivity contribution < 1.29 is 4.42 Å². The summed E-state index contributed by atoms with van der Waals surface area (Å²) in [5.41, 5.74) is 6.37. The van der Waals surface area contributed by atoms with E-state index < -0.39 is 0 Å². The summed E-state index contributed by atoms with van der Waals surface area (Å²) in [6, 6.07) is 11.4. The number of aromatic nitrogens is 6. The van der Waals surface area contributed by atoms with Crippen LogP contribution in [0.5, 0.6) is 0 Å². The molecule has 9 heteroatoms. The third-order valence-corrected chi connectivity index (χ3v) is 6.50. The first-order valence-electron chi connectivity index (χ1n) is 10.7. The van der Waals surface area contributed by atoms with Crippen molar-refractivity contribution in [2.24, 2.45) is 0 Å². The van der Waals surface area contributed by atoms with Crippen LogP contribution in [-0.2, 0) is 13.0 Å². The zero-order chi connectivity index (χ0) is 22.9. The molecule has 0 amide bonds. The summed E-state index contributed by atoms with van der Waals surface area (Å²) in [4.78, 5) is 17.7. The van der Waals surface area contributed by atoms with Crippen LogP contribution >= 0.6 is 15.9 Å². The van der Waals surface area contributed by atoms with Gasteiger partial charge in [-0.2, -0.15) is 0 Å². The summed E-state index contributed by atoms with van der Waals surface area (Å²) in [6.07, 6.45) is 4.99. The Labute approximate surface area is 198 Å². The highest BCUT2D eigenvalue weighted by atomic mass is 79.9. The lowest BCUT2D eigenvalue weighted by molar-refractivity contribution is 0.551. The minimum absolute atomic E-state index is 0.0595. The summed E-state index contributed by atoms with van der Waals surface area (Å²) in [5, 5.41) is 14.5. The van der Waals surface area contributed by atoms with Crippen LogP contribution < -0.4 is 5.56 Å². The van der Waals surface area contributed by atoms with E-state index in [1.54, 1.807) is 23.2 Å². The van der Waals surface area contributed by atoms with Gasteiger partial charge in [0.2, 0.25) is 0 Å². The molecule has 2 aromatic heterocycles. The lowest BCUT2D eigenvalue weighted by Crippen LogP contribution is -2.26. The van der Waals surface area contributed by atoms with Gasteiger partial charge in [-0.25, -0.2) is 10.1 Å². The Morgan fingerprint density at radius 3 is 2.70 bits per heavy atom. The van der Waals surface area contributed by atoms with Crippen molar-refractivity contribution in [3.63, 3.8) is 0 Å². The van der Waals surface area contributed by atoms with Crippen LogP contribution in [0.2, 0.25) is 0 Å². The summed E-state index contributed by atoms with van der Waals surface area (Å²) >= 11 is 3.80. The summed E-state index contributed by atoms with van der Waals surface area (Å²) in [6.45, 7) is 4.32. The number of nitrogens with zero attached hydrogens (tertiary/aromatic N) is 5. The zero-order valence-electron chi connectivity index (χ0n) is 18.2. The maximum Gasteiger partial charge on any atom is 0.254 e. The number of H-pyrrole nitrogens is 1. The number of nitrogens with one attached hydrogen (secondary N) is 1. The molecular weight excluding hydrogens is 484 g/mol. The summed E-state index contributed by atoms with van der Waals surface area (Å²) < 4.78 is 8.14. The lowest BCUT2D eigenvalue weighted by atomic mass is 9.97. The molecule has 1 aromatic carbocycles. The zero-order valence-corrected chi connectivity index (χ0v) is 19.8. The molecule has 1 aliphatic heterocycles. The van der Waals surface area contributed by atoms with E-state index in [0.717, 1.165) is 62.2 Å². The SMILES string of the molecule is CCCc1nc(C)cc(=O)n1Cc1c2ccocc-2c(Br)c1-c1ccccc1-c1nnn[nH]1. The van der Waals surface area contributed by atoms with Crippen molar-refractivity contribution in [3.8, 4) is 33.6 Å². The van der Waals surface area contributed by atoms with Crippen molar-refractivity contribution >= 4 is 15.9 Å². The highest BCUT2D eigenvalue weighted by Gasteiger charge is 2.26. The van der Waals surface area contributed by atoms with E-state index in [1.807, 2.05) is 37.3 Å². The van der Waals surface area contributed by atoms with Crippen LogP contribution in [0.1, 0.15) is 30.4 Å². The molecule has 0 bridgehead atoms. The molecule has 3 heterocycles. The van der Waals surface area contributed by atoms with E-state index >= 15 is 0 Å². The van der Waals surface area contributed by atoms with Crippen LogP contribution in [0.25, 0.3) is 33.6 Å². The third kappa shape index (κ3) is 3.78.